The lowest BCUT2D eigenvalue weighted by Crippen LogP contribution is -2.08. The number of nitrogens with zero attached hydrogens (tertiary/aromatic N) is 1. The van der Waals surface area contributed by atoms with Gasteiger partial charge in [-0.3, -0.25) is 16.0 Å². The highest BCUT2D eigenvalue weighted by molar-refractivity contribution is 5.79. The molecule has 5 heteroatoms. The Morgan fingerprint density at radius 3 is 2.41 bits per heavy atom. The monoisotopic (exact) mass is 229 g/mol. The molecule has 0 amide bonds. The molecule has 0 unspecified atom stereocenters. The van der Waals surface area contributed by atoms with Crippen molar-refractivity contribution in [3.05, 3.63) is 58.6 Å². The van der Waals surface area contributed by atoms with Gasteiger partial charge in [-0.25, -0.2) is 0 Å². The zero-order valence-corrected chi connectivity index (χ0v) is 8.96. The standard InChI is InChI=1S/C12H11N3O2/c13-14-12-7-6-10(15(16)17)8-11(12)9-4-2-1-3-5-9/h1-8,14H,13H2. The van der Waals surface area contributed by atoms with Gasteiger partial charge in [0.15, 0.2) is 0 Å². The van der Waals surface area contributed by atoms with Gasteiger partial charge in [0.2, 0.25) is 0 Å². The van der Waals surface area contributed by atoms with Crippen LogP contribution in [-0.4, -0.2) is 4.92 Å². The van der Waals surface area contributed by atoms with Crippen molar-refractivity contribution >= 4 is 11.4 Å². The van der Waals surface area contributed by atoms with Crippen molar-refractivity contribution in [2.24, 2.45) is 5.84 Å². The molecule has 0 aliphatic heterocycles. The van der Waals surface area contributed by atoms with E-state index in [9.17, 15) is 10.1 Å². The molecule has 0 radical (unpaired) electrons. The smallest absolute Gasteiger partial charge is 0.270 e. The Morgan fingerprint density at radius 2 is 1.82 bits per heavy atom. The van der Waals surface area contributed by atoms with Crippen LogP contribution in [0, 0.1) is 10.1 Å². The SMILES string of the molecule is NNc1ccc([N+](=O)[O-])cc1-c1ccccc1. The van der Waals surface area contributed by atoms with E-state index in [1.54, 1.807) is 6.07 Å². The first-order valence-corrected chi connectivity index (χ1v) is 5.03. The highest BCUT2D eigenvalue weighted by Gasteiger charge is 2.11. The van der Waals surface area contributed by atoms with Crippen LogP contribution in [0.15, 0.2) is 48.5 Å². The molecule has 0 aromatic heterocycles. The maximum atomic E-state index is 10.7. The molecule has 17 heavy (non-hydrogen) atoms. The van der Waals surface area contributed by atoms with Crippen LogP contribution in [0.3, 0.4) is 0 Å². The number of rotatable bonds is 3. The predicted molar refractivity (Wildman–Crippen MR) is 66.3 cm³/mol. The van der Waals surface area contributed by atoms with Crippen LogP contribution >= 0.6 is 0 Å². The van der Waals surface area contributed by atoms with E-state index < -0.39 is 4.92 Å². The van der Waals surface area contributed by atoms with Gasteiger partial charge in [0.05, 0.1) is 10.6 Å². The Bertz CT molecular complexity index is 541. The number of nitrogens with two attached hydrogens (primary N) is 1. The van der Waals surface area contributed by atoms with Gasteiger partial charge in [-0.2, -0.15) is 0 Å². The Hall–Kier alpha value is -2.40. The second-order valence-electron chi connectivity index (χ2n) is 3.50. The van der Waals surface area contributed by atoms with Crippen molar-refractivity contribution in [3.63, 3.8) is 0 Å². The van der Waals surface area contributed by atoms with E-state index in [1.165, 1.54) is 12.1 Å². The molecule has 86 valence electrons. The average Bonchev–Trinajstić information content (AvgIpc) is 2.39. The summed E-state index contributed by atoms with van der Waals surface area (Å²) < 4.78 is 0. The van der Waals surface area contributed by atoms with Crippen LogP contribution in [0.5, 0.6) is 0 Å². The Balaban J connectivity index is 2.58. The molecule has 3 N–H and O–H groups in total. The van der Waals surface area contributed by atoms with Gasteiger partial charge in [0, 0.05) is 17.7 Å². The lowest BCUT2D eigenvalue weighted by molar-refractivity contribution is -0.384. The fraction of sp³-hybridized carbons (Fsp3) is 0. The number of nitrogen functional groups attached to an aromatic ring is 1. The molecule has 5 nitrogen and oxygen atoms in total. The minimum absolute atomic E-state index is 0.0443. The fourth-order valence-corrected chi connectivity index (χ4v) is 1.63. The highest BCUT2D eigenvalue weighted by Crippen LogP contribution is 2.30. The van der Waals surface area contributed by atoms with Gasteiger partial charge in [-0.1, -0.05) is 30.3 Å². The van der Waals surface area contributed by atoms with E-state index in [4.69, 9.17) is 5.84 Å². The zero-order valence-electron chi connectivity index (χ0n) is 8.96. The number of nitrogens with one attached hydrogen (secondary N) is 1. The van der Waals surface area contributed by atoms with E-state index in [-0.39, 0.29) is 5.69 Å². The average molecular weight is 229 g/mol. The topological polar surface area (TPSA) is 81.2 Å². The van der Waals surface area contributed by atoms with Gasteiger partial charge in [-0.05, 0) is 11.6 Å². The van der Waals surface area contributed by atoms with Crippen molar-refractivity contribution in [3.8, 4) is 11.1 Å². The van der Waals surface area contributed by atoms with Gasteiger partial charge in [0.1, 0.15) is 0 Å². The second kappa shape index (κ2) is 4.63. The lowest BCUT2D eigenvalue weighted by Gasteiger charge is -2.08. The quantitative estimate of drug-likeness (QED) is 0.481. The molecule has 0 saturated heterocycles. The first-order chi connectivity index (χ1) is 8.22. The fourth-order valence-electron chi connectivity index (χ4n) is 1.63. The Kier molecular flexibility index (Phi) is 3.02. The summed E-state index contributed by atoms with van der Waals surface area (Å²) in [5.74, 6) is 5.39. The van der Waals surface area contributed by atoms with Crippen molar-refractivity contribution in [1.29, 1.82) is 0 Å². The summed E-state index contributed by atoms with van der Waals surface area (Å²) in [6.45, 7) is 0. The summed E-state index contributed by atoms with van der Waals surface area (Å²) in [7, 11) is 0. The number of nitro groups is 1. The third kappa shape index (κ3) is 2.24. The number of non-ortho nitro benzene ring substituents is 1. The molecule has 0 aliphatic rings. The minimum atomic E-state index is -0.424. The maximum Gasteiger partial charge on any atom is 0.270 e. The molecular weight excluding hydrogens is 218 g/mol. The molecule has 2 rings (SSSR count). The van der Waals surface area contributed by atoms with Crippen molar-refractivity contribution < 1.29 is 4.92 Å². The second-order valence-corrected chi connectivity index (χ2v) is 3.50. The van der Waals surface area contributed by atoms with E-state index >= 15 is 0 Å². The van der Waals surface area contributed by atoms with Crippen LogP contribution in [0.2, 0.25) is 0 Å². The summed E-state index contributed by atoms with van der Waals surface area (Å²) in [4.78, 5) is 10.3. The number of hydrogen-bond donors (Lipinski definition) is 2. The van der Waals surface area contributed by atoms with Crippen LogP contribution < -0.4 is 11.3 Å². The van der Waals surface area contributed by atoms with Crippen molar-refractivity contribution in [2.75, 3.05) is 5.43 Å². The van der Waals surface area contributed by atoms with Gasteiger partial charge >= 0.3 is 0 Å². The largest absolute Gasteiger partial charge is 0.324 e. The van der Waals surface area contributed by atoms with Crippen LogP contribution in [0.25, 0.3) is 11.1 Å². The molecule has 0 atom stereocenters. The third-order valence-corrected chi connectivity index (χ3v) is 2.45. The van der Waals surface area contributed by atoms with E-state index in [2.05, 4.69) is 5.43 Å². The molecule has 0 heterocycles. The summed E-state index contributed by atoms with van der Waals surface area (Å²) in [5, 5.41) is 10.7. The minimum Gasteiger partial charge on any atom is -0.324 e. The number of anilines is 1. The number of nitro benzene ring substituents is 1. The normalized spacial score (nSPS) is 9.94. The van der Waals surface area contributed by atoms with E-state index in [1.807, 2.05) is 30.3 Å². The van der Waals surface area contributed by atoms with E-state index in [0.29, 0.717) is 11.3 Å². The van der Waals surface area contributed by atoms with Crippen LogP contribution in [0.4, 0.5) is 11.4 Å². The molecule has 2 aromatic rings. The van der Waals surface area contributed by atoms with Crippen LogP contribution in [-0.2, 0) is 0 Å². The highest BCUT2D eigenvalue weighted by atomic mass is 16.6. The zero-order chi connectivity index (χ0) is 12.3. The molecular formula is C12H11N3O2. The molecule has 0 saturated carbocycles. The van der Waals surface area contributed by atoms with Gasteiger partial charge in [0.25, 0.3) is 5.69 Å². The first kappa shape index (κ1) is 11.1. The van der Waals surface area contributed by atoms with Gasteiger partial charge < -0.3 is 5.43 Å². The maximum absolute atomic E-state index is 10.7. The van der Waals surface area contributed by atoms with E-state index in [0.717, 1.165) is 5.56 Å². The Labute approximate surface area is 98.0 Å². The summed E-state index contributed by atoms with van der Waals surface area (Å²) >= 11 is 0. The lowest BCUT2D eigenvalue weighted by atomic mass is 10.0. The molecule has 0 aliphatic carbocycles. The molecule has 0 fully saturated rings. The summed E-state index contributed by atoms with van der Waals surface area (Å²) in [5.41, 5.74) is 4.83. The van der Waals surface area contributed by atoms with Crippen molar-refractivity contribution in [1.82, 2.24) is 0 Å². The van der Waals surface area contributed by atoms with Crippen LogP contribution in [0.1, 0.15) is 0 Å². The predicted octanol–water partition coefficient (Wildman–Crippen LogP) is 2.55. The third-order valence-electron chi connectivity index (χ3n) is 2.45. The summed E-state index contributed by atoms with van der Waals surface area (Å²) in [6.07, 6.45) is 0. The number of benzene rings is 2. The number of hydrazine groups is 1. The molecule has 0 bridgehead atoms. The Morgan fingerprint density at radius 1 is 1.12 bits per heavy atom. The number of hydrogen-bond acceptors (Lipinski definition) is 4. The molecule has 2 aromatic carbocycles. The van der Waals surface area contributed by atoms with Crippen molar-refractivity contribution in [2.45, 2.75) is 0 Å². The van der Waals surface area contributed by atoms with Gasteiger partial charge in [-0.15, -0.1) is 0 Å². The molecule has 0 spiro atoms. The summed E-state index contributed by atoms with van der Waals surface area (Å²) in [6, 6.07) is 13.9. The first-order valence-electron chi connectivity index (χ1n) is 5.03.